The van der Waals surface area contributed by atoms with Crippen LogP contribution in [0.1, 0.15) is 239 Å². The van der Waals surface area contributed by atoms with Gasteiger partial charge in [-0.2, -0.15) is 0 Å². The van der Waals surface area contributed by atoms with E-state index < -0.39 is 12.0 Å². The Morgan fingerprint density at radius 3 is 1.24 bits per heavy atom. The summed E-state index contributed by atoms with van der Waals surface area (Å²) in [5, 5.41) is 11.9. The van der Waals surface area contributed by atoms with Gasteiger partial charge < -0.3 is 20.9 Å². The molecule has 1 amide bonds. The van der Waals surface area contributed by atoms with Gasteiger partial charge in [-0.15, -0.1) is 0 Å². The summed E-state index contributed by atoms with van der Waals surface area (Å²) in [6.07, 6.45) is 40.3. The predicted octanol–water partition coefficient (Wildman–Crippen LogP) is 12.1. The predicted molar refractivity (Wildman–Crippen MR) is 211 cm³/mol. The van der Waals surface area contributed by atoms with Crippen LogP contribution >= 0.6 is 0 Å². The molecule has 0 radical (unpaired) electrons. The minimum atomic E-state index is -1.01. The highest BCUT2D eigenvalue weighted by Gasteiger charge is 2.19. The number of carbonyl (C=O) groups is 3. The number of ether oxygens (including phenoxy) is 1. The second-order valence-electron chi connectivity index (χ2n) is 15.1. The zero-order valence-corrected chi connectivity index (χ0v) is 33.3. The van der Waals surface area contributed by atoms with Gasteiger partial charge in [0.1, 0.15) is 12.1 Å². The van der Waals surface area contributed by atoms with Crippen LogP contribution in [0.5, 0.6) is 0 Å². The number of amides is 1. The van der Waals surface area contributed by atoms with E-state index >= 15 is 0 Å². The van der Waals surface area contributed by atoms with E-state index in [9.17, 15) is 19.5 Å². The standard InChI is InChI=1S/C43H84N2O5/c1-3-5-7-9-10-11-12-13-14-15-16-17-18-19-20-21-22-23-25-31-37-42(47)50-39(33-28-24-8-6-4-2)34-29-26-27-30-36-41(46)45-40(43(48)49)35-32-38-44/h39-40H,3-38,44H2,1-2H3,(H,45,46)(H,48,49). The first-order valence-corrected chi connectivity index (χ1v) is 21.9. The van der Waals surface area contributed by atoms with Crippen molar-refractivity contribution >= 4 is 17.8 Å². The molecule has 0 aliphatic carbocycles. The smallest absolute Gasteiger partial charge is 0.326 e. The lowest BCUT2D eigenvalue weighted by Gasteiger charge is -2.18. The second kappa shape index (κ2) is 38.6. The van der Waals surface area contributed by atoms with E-state index in [1.165, 1.54) is 141 Å². The lowest BCUT2D eigenvalue weighted by molar-refractivity contribution is -0.150. The Bertz CT molecular complexity index is 762. The monoisotopic (exact) mass is 709 g/mol. The average Bonchev–Trinajstić information content (AvgIpc) is 3.10. The van der Waals surface area contributed by atoms with Gasteiger partial charge in [0.15, 0.2) is 0 Å². The summed E-state index contributed by atoms with van der Waals surface area (Å²) >= 11 is 0. The third-order valence-electron chi connectivity index (χ3n) is 10.2. The number of carboxylic acid groups (broad SMARTS) is 1. The van der Waals surface area contributed by atoms with Gasteiger partial charge in [-0.3, -0.25) is 9.59 Å². The first-order chi connectivity index (χ1) is 24.4. The molecule has 0 fully saturated rings. The molecule has 2 unspecified atom stereocenters. The van der Waals surface area contributed by atoms with Gasteiger partial charge in [-0.05, 0) is 57.9 Å². The molecule has 0 saturated carbocycles. The highest BCUT2D eigenvalue weighted by Crippen LogP contribution is 2.19. The van der Waals surface area contributed by atoms with Gasteiger partial charge in [-0.1, -0.05) is 174 Å². The van der Waals surface area contributed by atoms with Crippen LogP contribution in [0, 0.1) is 0 Å². The van der Waals surface area contributed by atoms with Gasteiger partial charge in [0.2, 0.25) is 5.91 Å². The zero-order chi connectivity index (χ0) is 36.8. The molecule has 0 aliphatic rings. The normalized spacial score (nSPS) is 12.5. The highest BCUT2D eigenvalue weighted by molar-refractivity contribution is 5.83. The topological polar surface area (TPSA) is 119 Å². The van der Waals surface area contributed by atoms with Crippen molar-refractivity contribution in [3.05, 3.63) is 0 Å². The Morgan fingerprint density at radius 1 is 0.500 bits per heavy atom. The fraction of sp³-hybridized carbons (Fsp3) is 0.930. The van der Waals surface area contributed by atoms with Crippen LogP contribution in [0.4, 0.5) is 0 Å². The molecule has 7 heteroatoms. The summed E-state index contributed by atoms with van der Waals surface area (Å²) in [4.78, 5) is 36.2. The van der Waals surface area contributed by atoms with Crippen molar-refractivity contribution in [2.45, 2.75) is 251 Å². The van der Waals surface area contributed by atoms with Crippen LogP contribution in [0.15, 0.2) is 0 Å². The number of carbonyl (C=O) groups excluding carboxylic acids is 2. The molecule has 50 heavy (non-hydrogen) atoms. The van der Waals surface area contributed by atoms with Crippen LogP contribution in [-0.4, -0.2) is 41.6 Å². The third kappa shape index (κ3) is 34.8. The Labute approximate surface area is 309 Å². The van der Waals surface area contributed by atoms with Crippen molar-refractivity contribution in [2.24, 2.45) is 5.73 Å². The van der Waals surface area contributed by atoms with Crippen molar-refractivity contribution in [2.75, 3.05) is 6.54 Å². The van der Waals surface area contributed by atoms with E-state index in [4.69, 9.17) is 10.5 Å². The summed E-state index contributed by atoms with van der Waals surface area (Å²) in [7, 11) is 0. The van der Waals surface area contributed by atoms with E-state index in [0.717, 1.165) is 57.8 Å². The van der Waals surface area contributed by atoms with Crippen molar-refractivity contribution in [1.82, 2.24) is 5.32 Å². The van der Waals surface area contributed by atoms with Crippen LogP contribution in [0.2, 0.25) is 0 Å². The largest absolute Gasteiger partial charge is 0.480 e. The number of nitrogens with one attached hydrogen (secondary N) is 1. The van der Waals surface area contributed by atoms with Gasteiger partial charge in [0.25, 0.3) is 0 Å². The summed E-state index contributed by atoms with van der Waals surface area (Å²) in [6.45, 7) is 4.92. The third-order valence-corrected chi connectivity index (χ3v) is 10.2. The molecule has 0 heterocycles. The fourth-order valence-electron chi connectivity index (χ4n) is 6.86. The molecule has 0 aromatic heterocycles. The zero-order valence-electron chi connectivity index (χ0n) is 33.3. The number of unbranched alkanes of at least 4 members (excludes halogenated alkanes) is 26. The molecule has 0 bridgehead atoms. The van der Waals surface area contributed by atoms with Gasteiger partial charge in [0, 0.05) is 12.8 Å². The van der Waals surface area contributed by atoms with Gasteiger partial charge >= 0.3 is 11.9 Å². The van der Waals surface area contributed by atoms with E-state index in [1.54, 1.807) is 0 Å². The van der Waals surface area contributed by atoms with Crippen LogP contribution < -0.4 is 11.1 Å². The quantitative estimate of drug-likeness (QED) is 0.0430. The van der Waals surface area contributed by atoms with E-state index in [1.807, 2.05) is 0 Å². The van der Waals surface area contributed by atoms with Crippen molar-refractivity contribution in [1.29, 1.82) is 0 Å². The van der Waals surface area contributed by atoms with Crippen LogP contribution in [-0.2, 0) is 19.1 Å². The van der Waals surface area contributed by atoms with E-state index in [-0.39, 0.29) is 18.0 Å². The molecule has 0 rings (SSSR count). The highest BCUT2D eigenvalue weighted by atomic mass is 16.5. The molecule has 0 aliphatic heterocycles. The fourth-order valence-corrected chi connectivity index (χ4v) is 6.86. The Kier molecular flexibility index (Phi) is 37.3. The lowest BCUT2D eigenvalue weighted by atomic mass is 10.0. The molecule has 0 aromatic rings. The number of hydrogen-bond donors (Lipinski definition) is 3. The second-order valence-corrected chi connectivity index (χ2v) is 15.1. The average molecular weight is 709 g/mol. The van der Waals surface area contributed by atoms with Gasteiger partial charge in [0.05, 0.1) is 0 Å². The molecule has 0 spiro atoms. The number of carboxylic acids is 1. The Hall–Kier alpha value is -1.63. The molecule has 7 nitrogen and oxygen atoms in total. The maximum Gasteiger partial charge on any atom is 0.326 e. The van der Waals surface area contributed by atoms with E-state index in [2.05, 4.69) is 19.2 Å². The minimum Gasteiger partial charge on any atom is -0.480 e. The number of hydrogen-bond acceptors (Lipinski definition) is 5. The molecular weight excluding hydrogens is 624 g/mol. The first-order valence-electron chi connectivity index (χ1n) is 21.9. The van der Waals surface area contributed by atoms with Crippen molar-refractivity contribution in [3.63, 3.8) is 0 Å². The minimum absolute atomic E-state index is 0.00333. The maximum atomic E-state index is 12.7. The number of aliphatic carboxylic acids is 1. The SMILES string of the molecule is CCCCCCCCCCCCCCCCCCCCCCC(=O)OC(CCCCCCC)CCCCCCC(=O)NC(CCCN)C(=O)O. The number of nitrogens with two attached hydrogens (primary N) is 1. The van der Waals surface area contributed by atoms with Crippen molar-refractivity contribution in [3.8, 4) is 0 Å². The molecular formula is C43H84N2O5. The first kappa shape index (κ1) is 48.4. The molecule has 0 aromatic carbocycles. The Morgan fingerprint density at radius 2 is 0.860 bits per heavy atom. The summed E-state index contributed by atoms with van der Waals surface area (Å²) in [6, 6.07) is -0.859. The maximum absolute atomic E-state index is 12.7. The van der Waals surface area contributed by atoms with Crippen molar-refractivity contribution < 1.29 is 24.2 Å². The summed E-state index contributed by atoms with van der Waals surface area (Å²) in [5.41, 5.74) is 5.47. The number of esters is 1. The molecule has 4 N–H and O–H groups in total. The molecule has 0 saturated heterocycles. The Balaban J connectivity index is 3.93. The summed E-state index contributed by atoms with van der Waals surface area (Å²) in [5.74, 6) is -1.25. The van der Waals surface area contributed by atoms with E-state index in [0.29, 0.717) is 32.2 Å². The summed E-state index contributed by atoms with van der Waals surface area (Å²) < 4.78 is 5.97. The molecule has 296 valence electrons. The molecule has 2 atom stereocenters. The number of rotatable bonds is 40. The van der Waals surface area contributed by atoms with Crippen LogP contribution in [0.3, 0.4) is 0 Å². The van der Waals surface area contributed by atoms with Crippen LogP contribution in [0.25, 0.3) is 0 Å². The van der Waals surface area contributed by atoms with Gasteiger partial charge in [-0.25, -0.2) is 4.79 Å². The lowest BCUT2D eigenvalue weighted by Crippen LogP contribution is -2.40.